The summed E-state index contributed by atoms with van der Waals surface area (Å²) < 4.78 is 1.65. The Kier molecular flexibility index (Phi) is 3.38. The van der Waals surface area contributed by atoms with Gasteiger partial charge in [0.15, 0.2) is 5.69 Å². The molecule has 0 radical (unpaired) electrons. The first-order chi connectivity index (χ1) is 12.0. The summed E-state index contributed by atoms with van der Waals surface area (Å²) in [7, 11) is 1.78. The molecule has 0 atom stereocenters. The Morgan fingerprint density at radius 3 is 2.84 bits per heavy atom. The first kappa shape index (κ1) is 15.1. The number of fused-ring (bicyclic) bond motifs is 3. The number of nitrogens with one attached hydrogen (secondary N) is 1. The Hall–Kier alpha value is -3.42. The molecule has 0 bridgehead atoms. The number of aromatic nitrogens is 4. The summed E-state index contributed by atoms with van der Waals surface area (Å²) in [6, 6.07) is 7.41. The van der Waals surface area contributed by atoms with Gasteiger partial charge >= 0.3 is 0 Å². The van der Waals surface area contributed by atoms with Crippen molar-refractivity contribution in [3.8, 4) is 11.4 Å². The molecule has 1 aromatic carbocycles. The normalized spacial score (nSPS) is 12.4. The third kappa shape index (κ3) is 2.47. The first-order valence-corrected chi connectivity index (χ1v) is 7.88. The standard InChI is InChI=1S/C17H17N7O/c1-24-15-10(14(23-24)16(19)25)7-6-9-8-20-17(22-13(9)15)21-12-5-3-2-4-11(12)18/h2-5,8H,6-7,18H2,1H3,(H2,19,25)(H,20,21,22). The Labute approximate surface area is 143 Å². The monoisotopic (exact) mass is 335 g/mol. The zero-order valence-electron chi connectivity index (χ0n) is 13.7. The maximum atomic E-state index is 11.6. The van der Waals surface area contributed by atoms with Crippen LogP contribution in [0.4, 0.5) is 17.3 Å². The average Bonchev–Trinajstić information content (AvgIpc) is 2.94. The molecule has 0 fully saturated rings. The molecule has 2 aromatic heterocycles. The lowest BCUT2D eigenvalue weighted by Gasteiger charge is -2.17. The Bertz CT molecular complexity index is 993. The minimum Gasteiger partial charge on any atom is -0.397 e. The number of aryl methyl sites for hydroxylation is 2. The molecule has 8 heteroatoms. The molecule has 0 saturated carbocycles. The van der Waals surface area contributed by atoms with Crippen molar-refractivity contribution in [2.45, 2.75) is 12.8 Å². The van der Waals surface area contributed by atoms with E-state index in [2.05, 4.69) is 20.4 Å². The molecule has 2 heterocycles. The summed E-state index contributed by atoms with van der Waals surface area (Å²) in [6.45, 7) is 0. The maximum absolute atomic E-state index is 11.6. The number of rotatable bonds is 3. The highest BCUT2D eigenvalue weighted by atomic mass is 16.1. The Morgan fingerprint density at radius 2 is 2.08 bits per heavy atom. The number of hydrogen-bond donors (Lipinski definition) is 3. The van der Waals surface area contributed by atoms with Gasteiger partial charge in [0.05, 0.1) is 22.8 Å². The number of carbonyl (C=O) groups excluding carboxylic acids is 1. The van der Waals surface area contributed by atoms with Gasteiger partial charge in [0.1, 0.15) is 0 Å². The van der Waals surface area contributed by atoms with Crippen LogP contribution in [0.25, 0.3) is 11.4 Å². The van der Waals surface area contributed by atoms with E-state index in [-0.39, 0.29) is 0 Å². The van der Waals surface area contributed by atoms with Crippen molar-refractivity contribution in [3.63, 3.8) is 0 Å². The fourth-order valence-electron chi connectivity index (χ4n) is 3.14. The van der Waals surface area contributed by atoms with E-state index < -0.39 is 5.91 Å². The van der Waals surface area contributed by atoms with Gasteiger partial charge in [-0.15, -0.1) is 0 Å². The molecule has 1 amide bonds. The lowest BCUT2D eigenvalue weighted by Crippen LogP contribution is -2.16. The highest BCUT2D eigenvalue weighted by molar-refractivity contribution is 5.94. The molecule has 0 spiro atoms. The number of nitrogens with zero attached hydrogens (tertiary/aromatic N) is 4. The van der Waals surface area contributed by atoms with Gasteiger partial charge in [0.25, 0.3) is 5.91 Å². The van der Waals surface area contributed by atoms with Crippen LogP contribution in [0.5, 0.6) is 0 Å². The van der Waals surface area contributed by atoms with Gasteiger partial charge in [-0.2, -0.15) is 5.10 Å². The van der Waals surface area contributed by atoms with Gasteiger partial charge in [-0.1, -0.05) is 12.1 Å². The fourth-order valence-corrected chi connectivity index (χ4v) is 3.14. The Balaban J connectivity index is 1.79. The molecular weight excluding hydrogens is 318 g/mol. The number of amides is 1. The molecule has 126 valence electrons. The number of anilines is 3. The van der Waals surface area contributed by atoms with Gasteiger partial charge in [-0.3, -0.25) is 9.48 Å². The molecule has 0 saturated heterocycles. The molecule has 8 nitrogen and oxygen atoms in total. The number of nitrogens with two attached hydrogens (primary N) is 2. The molecule has 1 aliphatic rings. The number of nitrogen functional groups attached to an aromatic ring is 1. The van der Waals surface area contributed by atoms with Gasteiger partial charge in [-0.05, 0) is 30.5 Å². The number of benzene rings is 1. The number of primary amides is 1. The fraction of sp³-hybridized carbons (Fsp3) is 0.176. The van der Waals surface area contributed by atoms with E-state index in [0.717, 1.165) is 34.6 Å². The first-order valence-electron chi connectivity index (χ1n) is 7.88. The van der Waals surface area contributed by atoms with Crippen LogP contribution in [0.1, 0.15) is 21.6 Å². The maximum Gasteiger partial charge on any atom is 0.269 e. The molecule has 0 unspecified atom stereocenters. The molecule has 4 rings (SSSR count). The minimum atomic E-state index is -0.523. The lowest BCUT2D eigenvalue weighted by molar-refractivity contribution is 0.0994. The largest absolute Gasteiger partial charge is 0.397 e. The van der Waals surface area contributed by atoms with E-state index in [1.165, 1.54) is 0 Å². The SMILES string of the molecule is Cn1nc(C(N)=O)c2c1-c1nc(Nc3ccccc3N)ncc1CC2. The third-order valence-corrected chi connectivity index (χ3v) is 4.32. The van der Waals surface area contributed by atoms with Crippen LogP contribution in [0.3, 0.4) is 0 Å². The molecular formula is C17H17N7O. The second-order valence-electron chi connectivity index (χ2n) is 5.94. The van der Waals surface area contributed by atoms with E-state index in [0.29, 0.717) is 23.8 Å². The smallest absolute Gasteiger partial charge is 0.269 e. The van der Waals surface area contributed by atoms with Crippen LogP contribution < -0.4 is 16.8 Å². The van der Waals surface area contributed by atoms with Gasteiger partial charge in [0, 0.05) is 18.8 Å². The Morgan fingerprint density at radius 1 is 1.28 bits per heavy atom. The number of para-hydroxylation sites is 2. The summed E-state index contributed by atoms with van der Waals surface area (Å²) in [5.74, 6) is -0.0870. The average molecular weight is 335 g/mol. The van der Waals surface area contributed by atoms with Crippen molar-refractivity contribution in [3.05, 3.63) is 47.3 Å². The molecule has 1 aliphatic carbocycles. The summed E-state index contributed by atoms with van der Waals surface area (Å²) in [6.07, 6.45) is 3.22. The van der Waals surface area contributed by atoms with Crippen molar-refractivity contribution in [1.82, 2.24) is 19.7 Å². The van der Waals surface area contributed by atoms with E-state index >= 15 is 0 Å². The highest BCUT2D eigenvalue weighted by Gasteiger charge is 2.27. The van der Waals surface area contributed by atoms with Crippen LogP contribution in [0, 0.1) is 0 Å². The third-order valence-electron chi connectivity index (χ3n) is 4.32. The molecule has 0 aliphatic heterocycles. The second-order valence-corrected chi connectivity index (χ2v) is 5.94. The zero-order chi connectivity index (χ0) is 17.6. The van der Waals surface area contributed by atoms with E-state index in [4.69, 9.17) is 11.5 Å². The number of carbonyl (C=O) groups is 1. The van der Waals surface area contributed by atoms with Crippen LogP contribution in [-0.2, 0) is 19.9 Å². The quantitative estimate of drug-likeness (QED) is 0.621. The topological polar surface area (TPSA) is 125 Å². The molecule has 25 heavy (non-hydrogen) atoms. The lowest BCUT2D eigenvalue weighted by atomic mass is 9.93. The van der Waals surface area contributed by atoms with E-state index in [9.17, 15) is 4.79 Å². The van der Waals surface area contributed by atoms with Crippen LogP contribution in [0.15, 0.2) is 30.5 Å². The predicted molar refractivity (Wildman–Crippen MR) is 94.3 cm³/mol. The second kappa shape index (κ2) is 5.59. The van der Waals surface area contributed by atoms with Gasteiger partial charge in [-0.25, -0.2) is 9.97 Å². The predicted octanol–water partition coefficient (Wildman–Crippen LogP) is 1.40. The number of hydrogen-bond acceptors (Lipinski definition) is 6. The van der Waals surface area contributed by atoms with Crippen molar-refractivity contribution in [2.24, 2.45) is 12.8 Å². The van der Waals surface area contributed by atoms with Crippen molar-refractivity contribution in [1.29, 1.82) is 0 Å². The minimum absolute atomic E-state index is 0.309. The molecule has 3 aromatic rings. The van der Waals surface area contributed by atoms with Gasteiger partial charge < -0.3 is 16.8 Å². The van der Waals surface area contributed by atoms with Crippen molar-refractivity contribution >= 4 is 23.2 Å². The van der Waals surface area contributed by atoms with Crippen molar-refractivity contribution < 1.29 is 4.79 Å². The van der Waals surface area contributed by atoms with Crippen LogP contribution >= 0.6 is 0 Å². The zero-order valence-corrected chi connectivity index (χ0v) is 13.7. The van der Waals surface area contributed by atoms with E-state index in [1.54, 1.807) is 24.0 Å². The summed E-state index contributed by atoms with van der Waals surface area (Å²) >= 11 is 0. The van der Waals surface area contributed by atoms with Crippen LogP contribution in [-0.4, -0.2) is 25.7 Å². The van der Waals surface area contributed by atoms with Gasteiger partial charge in [0.2, 0.25) is 5.95 Å². The van der Waals surface area contributed by atoms with E-state index in [1.807, 2.05) is 18.2 Å². The summed E-state index contributed by atoms with van der Waals surface area (Å²) in [5, 5.41) is 7.39. The van der Waals surface area contributed by atoms with Crippen LogP contribution in [0.2, 0.25) is 0 Å². The molecule has 5 N–H and O–H groups in total. The summed E-state index contributed by atoms with van der Waals surface area (Å²) in [4.78, 5) is 20.6. The summed E-state index contributed by atoms with van der Waals surface area (Å²) in [5.41, 5.74) is 16.5. The van der Waals surface area contributed by atoms with Crippen molar-refractivity contribution in [2.75, 3.05) is 11.1 Å². The highest BCUT2D eigenvalue weighted by Crippen LogP contribution is 2.34.